The van der Waals surface area contributed by atoms with Crippen molar-refractivity contribution in [2.24, 2.45) is 0 Å². The van der Waals surface area contributed by atoms with Crippen LogP contribution in [0.5, 0.6) is 0 Å². The summed E-state index contributed by atoms with van der Waals surface area (Å²) in [4.78, 5) is 36.3. The van der Waals surface area contributed by atoms with Gasteiger partial charge in [0.1, 0.15) is 6.61 Å². The van der Waals surface area contributed by atoms with E-state index in [2.05, 4.69) is 10.6 Å². The fraction of sp³-hybridized carbons (Fsp3) is 0.375. The molecule has 9 heteroatoms. The Kier molecular flexibility index (Phi) is 6.62. The molecular weight excluding hydrogens is 428 g/mol. The van der Waals surface area contributed by atoms with E-state index in [1.54, 1.807) is 0 Å². The number of alkyl carbamates (subject to hydrolysis) is 1. The SMILES string of the molecule is C[C@@H](O)[C@H](NC(=O)C1OCCC1NC(=O)OCC1c2ccccc2-c2ccccc21)C(=O)O. The minimum Gasteiger partial charge on any atom is -0.480 e. The molecule has 0 bridgehead atoms. The molecule has 4 atom stereocenters. The maximum absolute atomic E-state index is 12.5. The molecule has 1 heterocycles. The number of nitrogens with one attached hydrogen (secondary N) is 2. The number of hydrogen-bond acceptors (Lipinski definition) is 6. The van der Waals surface area contributed by atoms with Crippen molar-refractivity contribution in [3.05, 3.63) is 59.7 Å². The zero-order valence-electron chi connectivity index (χ0n) is 18.1. The molecule has 1 aliphatic heterocycles. The van der Waals surface area contributed by atoms with E-state index in [1.165, 1.54) is 6.92 Å². The highest BCUT2D eigenvalue weighted by molar-refractivity contribution is 5.88. The van der Waals surface area contributed by atoms with Gasteiger partial charge >= 0.3 is 12.1 Å². The fourth-order valence-corrected chi connectivity index (χ4v) is 4.41. The van der Waals surface area contributed by atoms with E-state index in [0.717, 1.165) is 22.3 Å². The summed E-state index contributed by atoms with van der Waals surface area (Å²) >= 11 is 0. The van der Waals surface area contributed by atoms with Gasteiger partial charge in [-0.15, -0.1) is 0 Å². The molecule has 1 saturated heterocycles. The molecule has 0 radical (unpaired) electrons. The van der Waals surface area contributed by atoms with E-state index in [0.29, 0.717) is 6.42 Å². The summed E-state index contributed by atoms with van der Waals surface area (Å²) in [6.07, 6.45) is -2.68. The summed E-state index contributed by atoms with van der Waals surface area (Å²) in [5, 5.41) is 23.6. The molecule has 0 saturated carbocycles. The summed E-state index contributed by atoms with van der Waals surface area (Å²) in [6.45, 7) is 1.62. The molecule has 4 rings (SSSR count). The van der Waals surface area contributed by atoms with Crippen LogP contribution in [0.4, 0.5) is 4.79 Å². The second kappa shape index (κ2) is 9.60. The average molecular weight is 454 g/mol. The number of amides is 2. The molecule has 174 valence electrons. The van der Waals surface area contributed by atoms with Crippen LogP contribution in [0.3, 0.4) is 0 Å². The van der Waals surface area contributed by atoms with E-state index in [4.69, 9.17) is 14.6 Å². The van der Waals surface area contributed by atoms with E-state index < -0.39 is 42.3 Å². The highest BCUT2D eigenvalue weighted by Crippen LogP contribution is 2.44. The van der Waals surface area contributed by atoms with Crippen molar-refractivity contribution < 1.29 is 34.1 Å². The Labute approximate surface area is 190 Å². The number of aliphatic hydroxyl groups excluding tert-OH is 1. The highest BCUT2D eigenvalue weighted by atomic mass is 16.6. The summed E-state index contributed by atoms with van der Waals surface area (Å²) < 4.78 is 10.9. The summed E-state index contributed by atoms with van der Waals surface area (Å²) in [5.74, 6) is -2.17. The third-order valence-electron chi connectivity index (χ3n) is 6.04. The Balaban J connectivity index is 1.37. The van der Waals surface area contributed by atoms with Gasteiger partial charge in [0.15, 0.2) is 12.1 Å². The number of carbonyl (C=O) groups is 3. The predicted octanol–water partition coefficient (Wildman–Crippen LogP) is 1.63. The molecule has 2 aromatic rings. The number of fused-ring (bicyclic) bond motifs is 3. The average Bonchev–Trinajstić information content (AvgIpc) is 3.38. The minimum atomic E-state index is -1.48. The normalized spacial score (nSPS) is 20.9. The molecule has 2 aromatic carbocycles. The third-order valence-corrected chi connectivity index (χ3v) is 6.04. The first-order valence-electron chi connectivity index (χ1n) is 10.8. The number of hydrogen-bond donors (Lipinski definition) is 4. The highest BCUT2D eigenvalue weighted by Gasteiger charge is 2.38. The van der Waals surface area contributed by atoms with Crippen LogP contribution in [-0.2, 0) is 19.1 Å². The number of ether oxygens (including phenoxy) is 2. The van der Waals surface area contributed by atoms with Crippen LogP contribution in [0.2, 0.25) is 0 Å². The Morgan fingerprint density at radius 1 is 1.09 bits per heavy atom. The van der Waals surface area contributed by atoms with Crippen LogP contribution in [0, 0.1) is 0 Å². The number of carboxylic acids is 1. The number of benzene rings is 2. The fourth-order valence-electron chi connectivity index (χ4n) is 4.41. The minimum absolute atomic E-state index is 0.0931. The van der Waals surface area contributed by atoms with Crippen molar-refractivity contribution in [2.45, 2.75) is 43.6 Å². The van der Waals surface area contributed by atoms with Crippen molar-refractivity contribution >= 4 is 18.0 Å². The van der Waals surface area contributed by atoms with E-state index in [9.17, 15) is 19.5 Å². The van der Waals surface area contributed by atoms with Gasteiger partial charge < -0.3 is 30.3 Å². The Morgan fingerprint density at radius 3 is 2.27 bits per heavy atom. The second-order valence-corrected chi connectivity index (χ2v) is 8.22. The van der Waals surface area contributed by atoms with Gasteiger partial charge in [-0.3, -0.25) is 4.79 Å². The number of aliphatic carboxylic acids is 1. The van der Waals surface area contributed by atoms with Crippen molar-refractivity contribution in [3.63, 3.8) is 0 Å². The number of aliphatic hydroxyl groups is 1. The number of carboxylic acid groups (broad SMARTS) is 1. The first-order chi connectivity index (χ1) is 15.9. The van der Waals surface area contributed by atoms with Gasteiger partial charge in [0.25, 0.3) is 5.91 Å². The van der Waals surface area contributed by atoms with Crippen molar-refractivity contribution in [2.75, 3.05) is 13.2 Å². The lowest BCUT2D eigenvalue weighted by atomic mass is 9.98. The quantitative estimate of drug-likeness (QED) is 0.500. The molecular formula is C24H26N2O7. The van der Waals surface area contributed by atoms with Crippen LogP contribution < -0.4 is 10.6 Å². The molecule has 1 aliphatic carbocycles. The second-order valence-electron chi connectivity index (χ2n) is 8.22. The summed E-state index contributed by atoms with van der Waals surface area (Å²) in [7, 11) is 0. The smallest absolute Gasteiger partial charge is 0.407 e. The lowest BCUT2D eigenvalue weighted by molar-refractivity contribution is -0.146. The van der Waals surface area contributed by atoms with Crippen molar-refractivity contribution in [1.29, 1.82) is 0 Å². The Hall–Kier alpha value is -3.43. The molecule has 2 amide bonds. The maximum Gasteiger partial charge on any atom is 0.407 e. The van der Waals surface area contributed by atoms with E-state index >= 15 is 0 Å². The van der Waals surface area contributed by atoms with Gasteiger partial charge in [-0.25, -0.2) is 9.59 Å². The molecule has 2 unspecified atom stereocenters. The number of carbonyl (C=O) groups excluding carboxylic acids is 2. The summed E-state index contributed by atoms with van der Waals surface area (Å²) in [6, 6.07) is 13.8. The van der Waals surface area contributed by atoms with Gasteiger partial charge in [0.2, 0.25) is 0 Å². The van der Waals surface area contributed by atoms with Crippen LogP contribution in [0.15, 0.2) is 48.5 Å². The van der Waals surface area contributed by atoms with Gasteiger partial charge in [-0.1, -0.05) is 48.5 Å². The third kappa shape index (κ3) is 4.69. The summed E-state index contributed by atoms with van der Waals surface area (Å²) in [5.41, 5.74) is 4.42. The zero-order chi connectivity index (χ0) is 23.5. The van der Waals surface area contributed by atoms with Gasteiger partial charge in [-0.05, 0) is 35.6 Å². The Bertz CT molecular complexity index is 1010. The molecule has 0 aromatic heterocycles. The molecule has 0 spiro atoms. The van der Waals surface area contributed by atoms with E-state index in [1.807, 2.05) is 48.5 Å². The lowest BCUT2D eigenvalue weighted by Crippen LogP contribution is -2.54. The van der Waals surface area contributed by atoms with Gasteiger partial charge in [0.05, 0.1) is 12.1 Å². The van der Waals surface area contributed by atoms with E-state index in [-0.39, 0.29) is 19.1 Å². The van der Waals surface area contributed by atoms with Crippen LogP contribution in [0.25, 0.3) is 11.1 Å². The van der Waals surface area contributed by atoms with Gasteiger partial charge in [0, 0.05) is 12.5 Å². The molecule has 2 aliphatic rings. The van der Waals surface area contributed by atoms with Crippen LogP contribution in [0.1, 0.15) is 30.4 Å². The van der Waals surface area contributed by atoms with Crippen molar-refractivity contribution in [3.8, 4) is 11.1 Å². The molecule has 4 N–H and O–H groups in total. The lowest BCUT2D eigenvalue weighted by Gasteiger charge is -2.23. The monoisotopic (exact) mass is 454 g/mol. The molecule has 9 nitrogen and oxygen atoms in total. The zero-order valence-corrected chi connectivity index (χ0v) is 18.1. The maximum atomic E-state index is 12.5. The molecule has 1 fully saturated rings. The van der Waals surface area contributed by atoms with Crippen LogP contribution >= 0.6 is 0 Å². The largest absolute Gasteiger partial charge is 0.480 e. The van der Waals surface area contributed by atoms with Crippen LogP contribution in [-0.4, -0.2) is 65.7 Å². The molecule has 33 heavy (non-hydrogen) atoms. The predicted molar refractivity (Wildman–Crippen MR) is 118 cm³/mol. The Morgan fingerprint density at radius 2 is 1.70 bits per heavy atom. The topological polar surface area (TPSA) is 134 Å². The standard InChI is InChI=1S/C24H26N2O7/c1-13(27)20(23(29)30)26-22(28)21-19(10-11-32-21)25-24(31)33-12-18-16-8-4-2-6-14(16)15-7-3-5-9-17(15)18/h2-9,13,18-21,27H,10-12H2,1H3,(H,25,31)(H,26,28)(H,29,30)/t13-,19?,20+,21?/m1/s1. The first-order valence-corrected chi connectivity index (χ1v) is 10.8. The van der Waals surface area contributed by atoms with Crippen molar-refractivity contribution in [1.82, 2.24) is 10.6 Å². The first kappa shape index (κ1) is 22.8. The van der Waals surface area contributed by atoms with Gasteiger partial charge in [-0.2, -0.15) is 0 Å². The number of rotatable bonds is 7.